The Morgan fingerprint density at radius 3 is 2.15 bits per heavy atom. The van der Waals surface area contributed by atoms with Gasteiger partial charge >= 0.3 is 6.09 Å². The molecule has 0 aliphatic rings. The number of carbonyl (C=O) groups excluding carboxylic acids is 3. The molecular weight excluding hydrogens is 454 g/mol. The molecule has 0 saturated heterocycles. The highest BCUT2D eigenvalue weighted by Gasteiger charge is 2.35. The lowest BCUT2D eigenvalue weighted by molar-refractivity contribution is -0.140. The van der Waals surface area contributed by atoms with E-state index >= 15 is 0 Å². The molecule has 2 unspecified atom stereocenters. The number of likely N-dealkylation sites (N-methyl/N-ethyl adjacent to an activating group) is 1. The minimum absolute atomic E-state index is 0.0379. The highest BCUT2D eigenvalue weighted by atomic mass is 32.1. The summed E-state index contributed by atoms with van der Waals surface area (Å²) in [4.78, 5) is 40.6. The SMILES string of the molecule is CCN(C(=O)C(CS)NC(=O)OC(C)(C)C)C(C(=O)Nc1ccc(OC)cc1)c1ccccc1. The summed E-state index contributed by atoms with van der Waals surface area (Å²) in [5.74, 6) is -0.132. The van der Waals surface area contributed by atoms with Gasteiger partial charge in [0.25, 0.3) is 5.91 Å². The second-order valence-electron chi connectivity index (χ2n) is 8.54. The van der Waals surface area contributed by atoms with Crippen molar-refractivity contribution in [1.29, 1.82) is 0 Å². The molecule has 0 fully saturated rings. The monoisotopic (exact) mass is 487 g/mol. The molecule has 3 amide bonds. The number of alkyl carbamates (subject to hydrolysis) is 1. The lowest BCUT2D eigenvalue weighted by Crippen LogP contribution is -2.53. The first-order valence-electron chi connectivity index (χ1n) is 11.0. The Bertz CT molecular complexity index is 961. The fraction of sp³-hybridized carbons (Fsp3) is 0.400. The third-order valence-corrected chi connectivity index (χ3v) is 5.19. The molecule has 184 valence electrons. The Hall–Kier alpha value is -3.20. The van der Waals surface area contributed by atoms with Crippen molar-refractivity contribution in [3.63, 3.8) is 0 Å². The number of benzene rings is 2. The first-order valence-corrected chi connectivity index (χ1v) is 11.6. The van der Waals surface area contributed by atoms with Crippen molar-refractivity contribution >= 4 is 36.2 Å². The molecule has 9 heteroatoms. The quantitative estimate of drug-likeness (QED) is 0.464. The van der Waals surface area contributed by atoms with Crippen LogP contribution in [0.3, 0.4) is 0 Å². The number of amides is 3. The number of hydrogen-bond acceptors (Lipinski definition) is 6. The summed E-state index contributed by atoms with van der Waals surface area (Å²) in [7, 11) is 1.56. The smallest absolute Gasteiger partial charge is 0.408 e. The second-order valence-corrected chi connectivity index (χ2v) is 8.90. The Morgan fingerprint density at radius 2 is 1.65 bits per heavy atom. The zero-order valence-corrected chi connectivity index (χ0v) is 21.1. The van der Waals surface area contributed by atoms with Crippen molar-refractivity contribution < 1.29 is 23.9 Å². The fourth-order valence-corrected chi connectivity index (χ4v) is 3.54. The average Bonchev–Trinajstić information content (AvgIpc) is 2.80. The third-order valence-electron chi connectivity index (χ3n) is 4.83. The van der Waals surface area contributed by atoms with E-state index in [0.29, 0.717) is 17.0 Å². The van der Waals surface area contributed by atoms with Crippen LogP contribution in [-0.4, -0.2) is 53.9 Å². The van der Waals surface area contributed by atoms with Gasteiger partial charge in [-0.3, -0.25) is 9.59 Å². The summed E-state index contributed by atoms with van der Waals surface area (Å²) in [6.07, 6.45) is -0.727. The zero-order chi connectivity index (χ0) is 25.3. The number of nitrogens with zero attached hydrogens (tertiary/aromatic N) is 1. The predicted molar refractivity (Wildman–Crippen MR) is 135 cm³/mol. The molecule has 8 nitrogen and oxygen atoms in total. The average molecular weight is 488 g/mol. The van der Waals surface area contributed by atoms with Gasteiger partial charge < -0.3 is 25.0 Å². The van der Waals surface area contributed by atoms with Crippen LogP contribution in [0.15, 0.2) is 54.6 Å². The maximum Gasteiger partial charge on any atom is 0.408 e. The van der Waals surface area contributed by atoms with Crippen LogP contribution in [0.2, 0.25) is 0 Å². The molecule has 2 rings (SSSR count). The van der Waals surface area contributed by atoms with Gasteiger partial charge in [-0.25, -0.2) is 4.79 Å². The van der Waals surface area contributed by atoms with E-state index in [1.165, 1.54) is 4.90 Å². The highest BCUT2D eigenvalue weighted by Crippen LogP contribution is 2.25. The fourth-order valence-electron chi connectivity index (χ4n) is 3.29. The number of rotatable bonds is 9. The van der Waals surface area contributed by atoms with Crippen LogP contribution in [-0.2, 0) is 14.3 Å². The van der Waals surface area contributed by atoms with Crippen LogP contribution in [0.5, 0.6) is 5.75 Å². The van der Waals surface area contributed by atoms with Gasteiger partial charge in [-0.1, -0.05) is 30.3 Å². The van der Waals surface area contributed by atoms with Gasteiger partial charge in [0, 0.05) is 18.0 Å². The van der Waals surface area contributed by atoms with Crippen molar-refractivity contribution in [2.75, 3.05) is 24.7 Å². The minimum Gasteiger partial charge on any atom is -0.497 e. The largest absolute Gasteiger partial charge is 0.497 e. The van der Waals surface area contributed by atoms with E-state index in [1.807, 2.05) is 6.07 Å². The molecule has 0 aliphatic heterocycles. The Balaban J connectivity index is 2.32. The van der Waals surface area contributed by atoms with E-state index in [2.05, 4.69) is 23.3 Å². The van der Waals surface area contributed by atoms with Crippen LogP contribution < -0.4 is 15.4 Å². The van der Waals surface area contributed by atoms with Crippen LogP contribution in [0.25, 0.3) is 0 Å². The molecule has 0 aromatic heterocycles. The van der Waals surface area contributed by atoms with Gasteiger partial charge in [0.05, 0.1) is 7.11 Å². The van der Waals surface area contributed by atoms with Gasteiger partial charge in [0.1, 0.15) is 23.4 Å². The van der Waals surface area contributed by atoms with E-state index in [9.17, 15) is 14.4 Å². The summed E-state index contributed by atoms with van der Waals surface area (Å²) in [6.45, 7) is 7.21. The maximum atomic E-state index is 13.5. The number of carbonyl (C=O) groups is 3. The normalized spacial score (nSPS) is 12.8. The lowest BCUT2D eigenvalue weighted by Gasteiger charge is -2.33. The molecule has 2 atom stereocenters. The van der Waals surface area contributed by atoms with Gasteiger partial charge in [-0.2, -0.15) is 12.6 Å². The minimum atomic E-state index is -0.974. The van der Waals surface area contributed by atoms with Crippen molar-refractivity contribution in [2.24, 2.45) is 0 Å². The molecule has 0 bridgehead atoms. The zero-order valence-electron chi connectivity index (χ0n) is 20.2. The predicted octanol–water partition coefficient (Wildman–Crippen LogP) is 4.05. The molecule has 0 saturated carbocycles. The summed E-state index contributed by atoms with van der Waals surface area (Å²) in [6, 6.07) is 14.0. The van der Waals surface area contributed by atoms with E-state index < -0.39 is 29.7 Å². The number of hydrogen-bond donors (Lipinski definition) is 3. The van der Waals surface area contributed by atoms with Crippen molar-refractivity contribution in [2.45, 2.75) is 45.4 Å². The second kappa shape index (κ2) is 12.3. The first kappa shape index (κ1) is 27.0. The number of nitrogens with one attached hydrogen (secondary N) is 2. The molecular formula is C25H33N3O5S. The maximum absolute atomic E-state index is 13.5. The summed E-state index contributed by atoms with van der Waals surface area (Å²) in [5.41, 5.74) is 0.482. The molecule has 2 N–H and O–H groups in total. The molecule has 0 radical (unpaired) electrons. The lowest BCUT2D eigenvalue weighted by atomic mass is 10.0. The number of ether oxygens (including phenoxy) is 2. The van der Waals surface area contributed by atoms with E-state index in [-0.39, 0.29) is 18.2 Å². The molecule has 0 aliphatic carbocycles. The Kier molecular flexibility index (Phi) is 9.80. The van der Waals surface area contributed by atoms with Gasteiger partial charge in [0.15, 0.2) is 0 Å². The first-order chi connectivity index (χ1) is 16.1. The topological polar surface area (TPSA) is 97.0 Å². The summed E-state index contributed by atoms with van der Waals surface area (Å²) < 4.78 is 10.4. The van der Waals surface area contributed by atoms with E-state index in [0.717, 1.165) is 0 Å². The Morgan fingerprint density at radius 1 is 1.03 bits per heavy atom. The van der Waals surface area contributed by atoms with Gasteiger partial charge in [-0.15, -0.1) is 0 Å². The third kappa shape index (κ3) is 7.69. The Labute approximate surface area is 206 Å². The van der Waals surface area contributed by atoms with E-state index in [4.69, 9.17) is 9.47 Å². The van der Waals surface area contributed by atoms with Crippen molar-refractivity contribution in [3.8, 4) is 5.75 Å². The molecule has 0 heterocycles. The molecule has 0 spiro atoms. The van der Waals surface area contributed by atoms with Crippen LogP contribution in [0.1, 0.15) is 39.3 Å². The van der Waals surface area contributed by atoms with E-state index in [1.54, 1.807) is 83.3 Å². The van der Waals surface area contributed by atoms with Gasteiger partial charge in [0.2, 0.25) is 5.91 Å². The number of anilines is 1. The standard InChI is InChI=1S/C25H33N3O5S/c1-6-28(23(30)20(16-34)27-24(31)33-25(2,3)4)21(17-10-8-7-9-11-17)22(29)26-18-12-14-19(32-5)15-13-18/h7-15,20-21,34H,6,16H2,1-5H3,(H,26,29)(H,27,31). The van der Waals surface area contributed by atoms with Crippen LogP contribution in [0, 0.1) is 0 Å². The molecule has 2 aromatic carbocycles. The van der Waals surface area contributed by atoms with Crippen molar-refractivity contribution in [3.05, 3.63) is 60.2 Å². The molecule has 34 heavy (non-hydrogen) atoms. The number of thiol groups is 1. The number of methoxy groups -OCH3 is 1. The van der Waals surface area contributed by atoms with Gasteiger partial charge in [-0.05, 0) is 57.5 Å². The molecule has 2 aromatic rings. The highest BCUT2D eigenvalue weighted by molar-refractivity contribution is 7.80. The van der Waals surface area contributed by atoms with Crippen LogP contribution >= 0.6 is 12.6 Å². The summed E-state index contributed by atoms with van der Waals surface area (Å²) in [5, 5.41) is 5.44. The summed E-state index contributed by atoms with van der Waals surface area (Å²) >= 11 is 4.25. The van der Waals surface area contributed by atoms with Crippen LogP contribution in [0.4, 0.5) is 10.5 Å². The van der Waals surface area contributed by atoms with Crippen molar-refractivity contribution in [1.82, 2.24) is 10.2 Å².